The molecule has 0 amide bonds. The zero-order valence-corrected chi connectivity index (χ0v) is 17.5. The Balaban J connectivity index is 1.79. The van der Waals surface area contributed by atoms with Gasteiger partial charge >= 0.3 is 0 Å². The number of carbonyl (C=O) groups excluding carboxylic acids is 1. The highest BCUT2D eigenvalue weighted by Crippen LogP contribution is 2.33. The quantitative estimate of drug-likeness (QED) is 0.484. The van der Waals surface area contributed by atoms with Crippen LogP contribution in [-0.2, 0) is 6.54 Å². The van der Waals surface area contributed by atoms with Crippen LogP contribution in [0.2, 0.25) is 0 Å². The molecule has 4 rings (SSSR count). The summed E-state index contributed by atoms with van der Waals surface area (Å²) >= 11 is 6.90. The maximum absolute atomic E-state index is 13.2. The summed E-state index contributed by atoms with van der Waals surface area (Å²) in [5.41, 5.74) is 10.7. The second-order valence-corrected chi connectivity index (χ2v) is 8.18. The fraction of sp³-hybridized carbons (Fsp3) is 0.0455. The van der Waals surface area contributed by atoms with E-state index in [1.54, 1.807) is 0 Å². The Bertz CT molecular complexity index is 1060. The van der Waals surface area contributed by atoms with Crippen LogP contribution in [0.25, 0.3) is 6.08 Å². The molecule has 0 radical (unpaired) electrons. The van der Waals surface area contributed by atoms with E-state index in [-0.39, 0.29) is 5.78 Å². The lowest BCUT2D eigenvalue weighted by molar-refractivity contribution is 0.103. The summed E-state index contributed by atoms with van der Waals surface area (Å²) < 4.78 is 1.79. The molecule has 1 aliphatic heterocycles. The average molecular weight is 484 g/mol. The molecule has 5 heteroatoms. The molecule has 0 aromatic heterocycles. The Hall–Kier alpha value is -2.37. The molecule has 1 aliphatic rings. The van der Waals surface area contributed by atoms with Gasteiger partial charge < -0.3 is 10.6 Å². The molecule has 0 bridgehead atoms. The summed E-state index contributed by atoms with van der Waals surface area (Å²) in [5, 5.41) is 0. The van der Waals surface area contributed by atoms with Gasteiger partial charge in [-0.15, -0.1) is 0 Å². The summed E-state index contributed by atoms with van der Waals surface area (Å²) in [6.07, 6.45) is 1.95. The van der Waals surface area contributed by atoms with Gasteiger partial charge in [0.25, 0.3) is 0 Å². The van der Waals surface area contributed by atoms with Gasteiger partial charge in [-0.2, -0.15) is 0 Å². The SMILES string of the molecule is NC1=Cc2ccccc2CN1c1ccc(Br)cc1C(=O)c1ccc(Br)cc1. The summed E-state index contributed by atoms with van der Waals surface area (Å²) in [7, 11) is 0. The Morgan fingerprint density at radius 3 is 2.41 bits per heavy atom. The number of fused-ring (bicyclic) bond motifs is 1. The third-order valence-corrected chi connectivity index (χ3v) is 5.62. The highest BCUT2D eigenvalue weighted by Gasteiger charge is 2.23. The van der Waals surface area contributed by atoms with E-state index in [9.17, 15) is 4.79 Å². The molecule has 0 saturated carbocycles. The molecule has 0 unspecified atom stereocenters. The molecule has 2 N–H and O–H groups in total. The highest BCUT2D eigenvalue weighted by atomic mass is 79.9. The Labute approximate surface area is 174 Å². The van der Waals surface area contributed by atoms with Crippen molar-refractivity contribution >= 4 is 49.4 Å². The summed E-state index contributed by atoms with van der Waals surface area (Å²) in [4.78, 5) is 15.2. The predicted molar refractivity (Wildman–Crippen MR) is 117 cm³/mol. The smallest absolute Gasteiger partial charge is 0.195 e. The van der Waals surface area contributed by atoms with Crippen molar-refractivity contribution in [1.82, 2.24) is 0 Å². The number of nitrogens with zero attached hydrogens (tertiary/aromatic N) is 1. The van der Waals surface area contributed by atoms with E-state index in [1.165, 1.54) is 5.56 Å². The second kappa shape index (κ2) is 7.33. The number of benzene rings is 3. The van der Waals surface area contributed by atoms with Crippen LogP contribution >= 0.6 is 31.9 Å². The summed E-state index contributed by atoms with van der Waals surface area (Å²) in [5.74, 6) is 0.589. The number of carbonyl (C=O) groups is 1. The largest absolute Gasteiger partial charge is 0.385 e. The minimum absolute atomic E-state index is 0.0366. The predicted octanol–water partition coefficient (Wildman–Crippen LogP) is 5.72. The van der Waals surface area contributed by atoms with Crippen molar-refractivity contribution in [3.63, 3.8) is 0 Å². The molecule has 27 heavy (non-hydrogen) atoms. The average Bonchev–Trinajstić information content (AvgIpc) is 2.67. The molecule has 1 heterocycles. The molecule has 0 fully saturated rings. The van der Waals surface area contributed by atoms with Gasteiger partial charge in [-0.1, -0.05) is 56.1 Å². The van der Waals surface area contributed by atoms with Crippen molar-refractivity contribution in [2.75, 3.05) is 4.90 Å². The first-order valence-electron chi connectivity index (χ1n) is 8.45. The Morgan fingerprint density at radius 2 is 1.63 bits per heavy atom. The Morgan fingerprint density at radius 1 is 0.926 bits per heavy atom. The van der Waals surface area contributed by atoms with Gasteiger partial charge in [-0.3, -0.25) is 4.79 Å². The van der Waals surface area contributed by atoms with E-state index in [0.717, 1.165) is 20.2 Å². The van der Waals surface area contributed by atoms with E-state index in [2.05, 4.69) is 44.0 Å². The third-order valence-electron chi connectivity index (χ3n) is 4.60. The topological polar surface area (TPSA) is 46.3 Å². The lowest BCUT2D eigenvalue weighted by atomic mass is 9.98. The van der Waals surface area contributed by atoms with Crippen LogP contribution in [-0.4, -0.2) is 5.78 Å². The van der Waals surface area contributed by atoms with Crippen molar-refractivity contribution in [3.05, 3.63) is 104 Å². The molecule has 3 aromatic carbocycles. The molecule has 0 spiro atoms. The van der Waals surface area contributed by atoms with Crippen LogP contribution in [0, 0.1) is 0 Å². The standard InChI is InChI=1S/C22H16Br2N2O/c23-17-7-5-14(6-8-17)22(27)19-12-18(24)9-10-20(19)26-13-16-4-2-1-3-15(16)11-21(26)25/h1-12H,13,25H2. The van der Waals surface area contributed by atoms with E-state index >= 15 is 0 Å². The van der Waals surface area contributed by atoms with Crippen LogP contribution in [0.3, 0.4) is 0 Å². The molecule has 3 aromatic rings. The zero-order chi connectivity index (χ0) is 19.0. The van der Waals surface area contributed by atoms with Crippen molar-refractivity contribution in [1.29, 1.82) is 0 Å². The fourth-order valence-electron chi connectivity index (χ4n) is 3.22. The summed E-state index contributed by atoms with van der Waals surface area (Å²) in [6, 6.07) is 21.3. The number of nitrogens with two attached hydrogens (primary N) is 1. The van der Waals surface area contributed by atoms with Gasteiger partial charge in [0.2, 0.25) is 0 Å². The van der Waals surface area contributed by atoms with E-state index in [0.29, 0.717) is 23.5 Å². The maximum Gasteiger partial charge on any atom is 0.195 e. The second-order valence-electron chi connectivity index (χ2n) is 6.35. The highest BCUT2D eigenvalue weighted by molar-refractivity contribution is 9.10. The molecule has 0 aliphatic carbocycles. The minimum Gasteiger partial charge on any atom is -0.385 e. The van der Waals surface area contributed by atoms with Crippen LogP contribution in [0.15, 0.2) is 81.5 Å². The van der Waals surface area contributed by atoms with E-state index in [4.69, 9.17) is 5.73 Å². The van der Waals surface area contributed by atoms with Crippen LogP contribution in [0.5, 0.6) is 0 Å². The van der Waals surface area contributed by atoms with Crippen molar-refractivity contribution in [3.8, 4) is 0 Å². The van der Waals surface area contributed by atoms with Gasteiger partial charge in [0, 0.05) is 20.1 Å². The van der Waals surface area contributed by atoms with Gasteiger partial charge in [0.15, 0.2) is 5.78 Å². The third kappa shape index (κ3) is 3.57. The lowest BCUT2D eigenvalue weighted by Crippen LogP contribution is -2.31. The minimum atomic E-state index is -0.0366. The van der Waals surface area contributed by atoms with Crippen molar-refractivity contribution in [2.45, 2.75) is 6.54 Å². The van der Waals surface area contributed by atoms with E-state index < -0.39 is 0 Å². The lowest BCUT2D eigenvalue weighted by Gasteiger charge is -2.31. The summed E-state index contributed by atoms with van der Waals surface area (Å²) in [6.45, 7) is 0.626. The monoisotopic (exact) mass is 482 g/mol. The molecule has 0 saturated heterocycles. The van der Waals surface area contributed by atoms with Crippen molar-refractivity contribution in [2.24, 2.45) is 5.73 Å². The first kappa shape index (κ1) is 18.0. The Kier molecular flexibility index (Phi) is 4.89. The van der Waals surface area contributed by atoms with Crippen LogP contribution in [0.4, 0.5) is 5.69 Å². The molecular formula is C22H16Br2N2O. The van der Waals surface area contributed by atoms with Crippen LogP contribution < -0.4 is 10.6 Å². The van der Waals surface area contributed by atoms with Gasteiger partial charge in [0.1, 0.15) is 5.82 Å². The number of ketones is 1. The number of hydrogen-bond donors (Lipinski definition) is 1. The van der Waals surface area contributed by atoms with Gasteiger partial charge in [-0.05, 0) is 59.7 Å². The fourth-order valence-corrected chi connectivity index (χ4v) is 3.85. The van der Waals surface area contributed by atoms with Gasteiger partial charge in [-0.25, -0.2) is 0 Å². The first-order chi connectivity index (χ1) is 13.0. The molecular weight excluding hydrogens is 468 g/mol. The maximum atomic E-state index is 13.2. The van der Waals surface area contributed by atoms with Gasteiger partial charge in [0.05, 0.1) is 12.2 Å². The molecule has 134 valence electrons. The molecule has 0 atom stereocenters. The number of hydrogen-bond acceptors (Lipinski definition) is 3. The van der Waals surface area contributed by atoms with Crippen LogP contribution in [0.1, 0.15) is 27.0 Å². The molecule has 3 nitrogen and oxygen atoms in total. The number of halogens is 2. The normalized spacial score (nSPS) is 13.1. The van der Waals surface area contributed by atoms with Crippen molar-refractivity contribution < 1.29 is 4.79 Å². The van der Waals surface area contributed by atoms with E-state index in [1.807, 2.05) is 65.6 Å². The zero-order valence-electron chi connectivity index (χ0n) is 14.3. The number of anilines is 1. The first-order valence-corrected chi connectivity index (χ1v) is 10.0. The number of rotatable bonds is 3.